The summed E-state index contributed by atoms with van der Waals surface area (Å²) in [6, 6.07) is 0. The van der Waals surface area contributed by atoms with Crippen LogP contribution in [0.15, 0.2) is 0 Å². The zero-order valence-electron chi connectivity index (χ0n) is 10.1. The topological polar surface area (TPSA) is 52.0 Å². The fraction of sp³-hybridized carbons (Fsp3) is 1.00. The summed E-state index contributed by atoms with van der Waals surface area (Å²) < 4.78 is 0. The van der Waals surface area contributed by atoms with E-state index in [2.05, 4.69) is 27.7 Å². The molecule has 0 heterocycles. The largest absolute Gasteiger partial charge is 0.325 e. The van der Waals surface area contributed by atoms with Gasteiger partial charge in [-0.05, 0) is 65.2 Å². The van der Waals surface area contributed by atoms with E-state index in [0.29, 0.717) is 11.8 Å². The van der Waals surface area contributed by atoms with Crippen LogP contribution >= 0.6 is 0 Å². The van der Waals surface area contributed by atoms with Gasteiger partial charge in [-0.15, -0.1) is 0 Å². The second-order valence-electron chi connectivity index (χ2n) is 6.19. The summed E-state index contributed by atoms with van der Waals surface area (Å²) in [5.41, 5.74) is 12.2. The number of nitrogens with two attached hydrogens (primary N) is 2. The fourth-order valence-electron chi connectivity index (χ4n) is 2.58. The van der Waals surface area contributed by atoms with Gasteiger partial charge in [0.1, 0.15) is 0 Å². The lowest BCUT2D eigenvalue weighted by molar-refractivity contribution is 0.154. The Morgan fingerprint density at radius 3 is 1.07 bits per heavy atom. The molecule has 84 valence electrons. The molecule has 2 nitrogen and oxygen atoms in total. The zero-order valence-corrected chi connectivity index (χ0v) is 10.1. The highest BCUT2D eigenvalue weighted by atomic mass is 14.7. The molecule has 1 fully saturated rings. The summed E-state index contributed by atoms with van der Waals surface area (Å²) in [6.45, 7) is 8.58. The normalized spacial score (nSPS) is 30.4. The molecule has 0 amide bonds. The predicted octanol–water partition coefficient (Wildman–Crippen LogP) is 2.27. The van der Waals surface area contributed by atoms with E-state index in [1.807, 2.05) is 0 Å². The van der Waals surface area contributed by atoms with Gasteiger partial charge in [0.15, 0.2) is 0 Å². The van der Waals surface area contributed by atoms with Crippen molar-refractivity contribution < 1.29 is 0 Å². The van der Waals surface area contributed by atoms with E-state index in [-0.39, 0.29) is 11.1 Å². The lowest BCUT2D eigenvalue weighted by atomic mass is 9.69. The first-order valence-electron chi connectivity index (χ1n) is 5.79. The van der Waals surface area contributed by atoms with E-state index in [1.54, 1.807) is 0 Å². The number of hydrogen-bond donors (Lipinski definition) is 2. The smallest absolute Gasteiger partial charge is 0.0125 e. The minimum atomic E-state index is -0.0102. The minimum Gasteiger partial charge on any atom is -0.325 e. The molecule has 0 unspecified atom stereocenters. The van der Waals surface area contributed by atoms with Gasteiger partial charge < -0.3 is 11.5 Å². The molecular weight excluding hydrogens is 172 g/mol. The lowest BCUT2D eigenvalue weighted by Crippen LogP contribution is -2.47. The van der Waals surface area contributed by atoms with E-state index >= 15 is 0 Å². The van der Waals surface area contributed by atoms with E-state index < -0.39 is 0 Å². The van der Waals surface area contributed by atoms with Gasteiger partial charge in [-0.2, -0.15) is 0 Å². The predicted molar refractivity (Wildman–Crippen MR) is 62.0 cm³/mol. The molecule has 1 saturated carbocycles. The summed E-state index contributed by atoms with van der Waals surface area (Å²) >= 11 is 0. The van der Waals surface area contributed by atoms with Crippen molar-refractivity contribution in [2.45, 2.75) is 64.5 Å². The van der Waals surface area contributed by atoms with E-state index in [4.69, 9.17) is 11.5 Å². The maximum Gasteiger partial charge on any atom is 0.0125 e. The highest BCUT2D eigenvalue weighted by molar-refractivity contribution is 4.91. The molecule has 0 spiro atoms. The van der Waals surface area contributed by atoms with Crippen molar-refractivity contribution in [1.82, 2.24) is 0 Å². The molecule has 4 N–H and O–H groups in total. The molecule has 0 aromatic carbocycles. The van der Waals surface area contributed by atoms with Crippen molar-refractivity contribution in [1.29, 1.82) is 0 Å². The Morgan fingerprint density at radius 2 is 0.929 bits per heavy atom. The molecule has 1 aliphatic rings. The summed E-state index contributed by atoms with van der Waals surface area (Å²) in [5, 5.41) is 0. The van der Waals surface area contributed by atoms with Crippen LogP contribution in [-0.2, 0) is 0 Å². The third-order valence-corrected chi connectivity index (χ3v) is 3.83. The number of rotatable bonds is 2. The summed E-state index contributed by atoms with van der Waals surface area (Å²) in [4.78, 5) is 0. The third kappa shape index (κ3) is 2.96. The first-order valence-corrected chi connectivity index (χ1v) is 5.79. The first kappa shape index (κ1) is 12.0. The zero-order chi connectivity index (χ0) is 11.0. The van der Waals surface area contributed by atoms with E-state index in [0.717, 1.165) is 0 Å². The van der Waals surface area contributed by atoms with Crippen molar-refractivity contribution in [3.05, 3.63) is 0 Å². The number of hydrogen-bond acceptors (Lipinski definition) is 2. The van der Waals surface area contributed by atoms with Crippen molar-refractivity contribution in [2.75, 3.05) is 0 Å². The van der Waals surface area contributed by atoms with Crippen molar-refractivity contribution >= 4 is 0 Å². The average Bonchev–Trinajstić information content (AvgIpc) is 2.01. The molecule has 0 saturated heterocycles. The van der Waals surface area contributed by atoms with Crippen LogP contribution in [0.2, 0.25) is 0 Å². The molecule has 0 bridgehead atoms. The Labute approximate surface area is 88.4 Å². The van der Waals surface area contributed by atoms with Crippen molar-refractivity contribution in [2.24, 2.45) is 23.3 Å². The second kappa shape index (κ2) is 3.82. The van der Waals surface area contributed by atoms with Crippen LogP contribution in [0, 0.1) is 11.8 Å². The first-order chi connectivity index (χ1) is 6.21. The van der Waals surface area contributed by atoms with Gasteiger partial charge >= 0.3 is 0 Å². The standard InChI is InChI=1S/C12H26N2/c1-11(2,13)9-5-7-10(8-6-9)12(3,4)14/h9-10H,5-8,13-14H2,1-4H3. The van der Waals surface area contributed by atoms with E-state index in [9.17, 15) is 0 Å². The molecule has 0 aliphatic heterocycles. The maximum atomic E-state index is 6.13. The van der Waals surface area contributed by atoms with Gasteiger partial charge in [-0.25, -0.2) is 0 Å². The van der Waals surface area contributed by atoms with Crippen LogP contribution in [-0.4, -0.2) is 11.1 Å². The second-order valence-corrected chi connectivity index (χ2v) is 6.19. The van der Waals surface area contributed by atoms with Crippen molar-refractivity contribution in [3.8, 4) is 0 Å². The molecule has 1 aliphatic carbocycles. The van der Waals surface area contributed by atoms with Crippen LogP contribution in [0.3, 0.4) is 0 Å². The monoisotopic (exact) mass is 198 g/mol. The SMILES string of the molecule is CC(C)(N)C1CCC(C(C)(C)N)CC1. The third-order valence-electron chi connectivity index (χ3n) is 3.83. The van der Waals surface area contributed by atoms with Gasteiger partial charge in [0.25, 0.3) is 0 Å². The highest BCUT2D eigenvalue weighted by Gasteiger charge is 2.34. The van der Waals surface area contributed by atoms with Gasteiger partial charge in [-0.3, -0.25) is 0 Å². The summed E-state index contributed by atoms with van der Waals surface area (Å²) in [7, 11) is 0. The van der Waals surface area contributed by atoms with Crippen LogP contribution in [0.5, 0.6) is 0 Å². The molecule has 0 aromatic heterocycles. The van der Waals surface area contributed by atoms with Crippen LogP contribution in [0.4, 0.5) is 0 Å². The van der Waals surface area contributed by atoms with Gasteiger partial charge in [0, 0.05) is 11.1 Å². The highest BCUT2D eigenvalue weighted by Crippen LogP contribution is 2.37. The molecule has 0 aromatic rings. The minimum absolute atomic E-state index is 0.0102. The summed E-state index contributed by atoms with van der Waals surface area (Å²) in [5.74, 6) is 1.36. The quantitative estimate of drug-likeness (QED) is 0.715. The molecule has 2 heteroatoms. The Hall–Kier alpha value is -0.0800. The summed E-state index contributed by atoms with van der Waals surface area (Å²) in [6.07, 6.45) is 4.98. The van der Waals surface area contributed by atoms with Gasteiger partial charge in [0.2, 0.25) is 0 Å². The van der Waals surface area contributed by atoms with Crippen LogP contribution in [0.1, 0.15) is 53.4 Å². The van der Waals surface area contributed by atoms with E-state index in [1.165, 1.54) is 25.7 Å². The van der Waals surface area contributed by atoms with Crippen LogP contribution < -0.4 is 11.5 Å². The Balaban J connectivity index is 2.47. The maximum absolute atomic E-state index is 6.13. The fourth-order valence-corrected chi connectivity index (χ4v) is 2.58. The Kier molecular flexibility index (Phi) is 3.27. The van der Waals surface area contributed by atoms with Gasteiger partial charge in [-0.1, -0.05) is 0 Å². The molecular formula is C12H26N2. The molecule has 0 atom stereocenters. The average molecular weight is 198 g/mol. The molecule has 0 radical (unpaired) electrons. The molecule has 14 heavy (non-hydrogen) atoms. The molecule has 1 rings (SSSR count). The van der Waals surface area contributed by atoms with Crippen LogP contribution in [0.25, 0.3) is 0 Å². The lowest BCUT2D eigenvalue weighted by Gasteiger charge is -2.41. The van der Waals surface area contributed by atoms with Gasteiger partial charge in [0.05, 0.1) is 0 Å². The van der Waals surface area contributed by atoms with Crippen molar-refractivity contribution in [3.63, 3.8) is 0 Å². The Morgan fingerprint density at radius 1 is 0.714 bits per heavy atom. The Bertz CT molecular complexity index is 155.